The van der Waals surface area contributed by atoms with E-state index in [-0.39, 0.29) is 19.3 Å². The van der Waals surface area contributed by atoms with Gasteiger partial charge < -0.3 is 4.18 Å². The van der Waals surface area contributed by atoms with E-state index in [4.69, 9.17) is 0 Å². The Bertz CT molecular complexity index is 607. The van der Waals surface area contributed by atoms with Crippen LogP contribution < -0.4 is 4.18 Å². The van der Waals surface area contributed by atoms with Crippen LogP contribution in [0.5, 0.6) is 5.75 Å². The Morgan fingerprint density at radius 1 is 1.14 bits per heavy atom. The molecule has 0 aliphatic heterocycles. The summed E-state index contributed by atoms with van der Waals surface area (Å²) in [6.07, 6.45) is -0.291. The lowest BCUT2D eigenvalue weighted by atomic mass is 9.97. The number of rotatable bonds is 3. The van der Waals surface area contributed by atoms with Crippen molar-refractivity contribution < 1.29 is 34.6 Å². The SMILES string of the molecule is O=S(=O)(Oc1ccc(C2CCC(F)(F)C2)cc1)C(F)(F)F. The zero-order valence-corrected chi connectivity index (χ0v) is 11.3. The quantitative estimate of drug-likeness (QED) is 0.481. The van der Waals surface area contributed by atoms with Gasteiger partial charge in [-0.15, -0.1) is 0 Å². The van der Waals surface area contributed by atoms with Crippen LogP contribution in [0.15, 0.2) is 24.3 Å². The van der Waals surface area contributed by atoms with Crippen LogP contribution in [0.3, 0.4) is 0 Å². The van der Waals surface area contributed by atoms with E-state index in [1.807, 2.05) is 0 Å². The molecule has 1 atom stereocenters. The summed E-state index contributed by atoms with van der Waals surface area (Å²) in [5.74, 6) is -3.64. The van der Waals surface area contributed by atoms with E-state index in [9.17, 15) is 30.4 Å². The smallest absolute Gasteiger partial charge is 0.376 e. The summed E-state index contributed by atoms with van der Waals surface area (Å²) in [6, 6.07) is 4.64. The van der Waals surface area contributed by atoms with Gasteiger partial charge in [0.1, 0.15) is 5.75 Å². The average molecular weight is 330 g/mol. The summed E-state index contributed by atoms with van der Waals surface area (Å²) >= 11 is 0. The Morgan fingerprint density at radius 3 is 2.14 bits per heavy atom. The lowest BCUT2D eigenvalue weighted by molar-refractivity contribution is -0.0500. The average Bonchev–Trinajstić information content (AvgIpc) is 2.69. The van der Waals surface area contributed by atoms with Crippen molar-refractivity contribution in [3.63, 3.8) is 0 Å². The van der Waals surface area contributed by atoms with Crippen molar-refractivity contribution in [2.24, 2.45) is 0 Å². The lowest BCUT2D eigenvalue weighted by Crippen LogP contribution is -2.28. The summed E-state index contributed by atoms with van der Waals surface area (Å²) in [6.45, 7) is 0. The largest absolute Gasteiger partial charge is 0.534 e. The van der Waals surface area contributed by atoms with Gasteiger partial charge in [-0.05, 0) is 30.0 Å². The first-order valence-electron chi connectivity index (χ1n) is 5.99. The van der Waals surface area contributed by atoms with Crippen LogP contribution in [0.25, 0.3) is 0 Å². The van der Waals surface area contributed by atoms with Gasteiger partial charge in [-0.25, -0.2) is 8.78 Å². The third kappa shape index (κ3) is 3.63. The van der Waals surface area contributed by atoms with Crippen LogP contribution in [0.1, 0.15) is 30.7 Å². The maximum Gasteiger partial charge on any atom is 0.534 e. The minimum Gasteiger partial charge on any atom is -0.376 e. The monoisotopic (exact) mass is 330 g/mol. The minimum absolute atomic E-state index is 0.238. The molecule has 1 unspecified atom stereocenters. The first kappa shape index (κ1) is 16.0. The summed E-state index contributed by atoms with van der Waals surface area (Å²) in [7, 11) is -5.72. The molecule has 1 aliphatic rings. The maximum absolute atomic E-state index is 13.1. The van der Waals surface area contributed by atoms with Crippen LogP contribution in [0, 0.1) is 0 Å². The van der Waals surface area contributed by atoms with Crippen molar-refractivity contribution in [2.75, 3.05) is 0 Å². The molecule has 0 amide bonds. The molecule has 1 saturated carbocycles. The molecule has 0 N–H and O–H groups in total. The molecule has 21 heavy (non-hydrogen) atoms. The number of benzene rings is 1. The fourth-order valence-corrected chi connectivity index (χ4v) is 2.66. The predicted octanol–water partition coefficient (Wildman–Crippen LogP) is 3.82. The van der Waals surface area contributed by atoms with Crippen LogP contribution in [0.4, 0.5) is 22.0 Å². The molecule has 0 heterocycles. The lowest BCUT2D eigenvalue weighted by Gasteiger charge is -2.12. The van der Waals surface area contributed by atoms with Gasteiger partial charge in [0.2, 0.25) is 5.92 Å². The van der Waals surface area contributed by atoms with Gasteiger partial charge in [0.15, 0.2) is 0 Å². The Balaban J connectivity index is 2.10. The van der Waals surface area contributed by atoms with Gasteiger partial charge in [-0.3, -0.25) is 0 Å². The highest BCUT2D eigenvalue weighted by atomic mass is 32.2. The number of hydrogen-bond donors (Lipinski definition) is 0. The van der Waals surface area contributed by atoms with Crippen LogP contribution in [0.2, 0.25) is 0 Å². The molecule has 0 spiro atoms. The molecule has 3 nitrogen and oxygen atoms in total. The van der Waals surface area contributed by atoms with E-state index >= 15 is 0 Å². The molecule has 2 rings (SSSR count). The van der Waals surface area contributed by atoms with Crippen molar-refractivity contribution in [3.8, 4) is 5.75 Å². The highest BCUT2D eigenvalue weighted by molar-refractivity contribution is 7.87. The molecular weight excluding hydrogens is 319 g/mol. The second-order valence-corrected chi connectivity index (χ2v) is 6.39. The third-order valence-corrected chi connectivity index (χ3v) is 4.22. The van der Waals surface area contributed by atoms with Crippen LogP contribution in [-0.2, 0) is 10.1 Å². The minimum atomic E-state index is -5.72. The van der Waals surface area contributed by atoms with Crippen molar-refractivity contribution in [3.05, 3.63) is 29.8 Å². The third-order valence-electron chi connectivity index (χ3n) is 3.24. The van der Waals surface area contributed by atoms with Crippen molar-refractivity contribution in [1.82, 2.24) is 0 Å². The van der Waals surface area contributed by atoms with Crippen LogP contribution in [-0.4, -0.2) is 19.8 Å². The molecule has 1 aromatic rings. The summed E-state index contributed by atoms with van der Waals surface area (Å²) in [5.41, 5.74) is -5.00. The number of halogens is 5. The summed E-state index contributed by atoms with van der Waals surface area (Å²) < 4.78 is 88.1. The van der Waals surface area contributed by atoms with Gasteiger partial charge in [0.05, 0.1) is 0 Å². The number of alkyl halides is 5. The zero-order valence-electron chi connectivity index (χ0n) is 10.5. The second kappa shape index (κ2) is 5.11. The fraction of sp³-hybridized carbons (Fsp3) is 0.500. The topological polar surface area (TPSA) is 43.4 Å². The molecule has 118 valence electrons. The standard InChI is InChI=1S/C12H11F5O3S/c13-11(14)6-5-9(7-11)8-1-3-10(4-2-8)20-21(18,19)12(15,16)17/h1-4,9H,5-7H2. The Labute approximate surface area is 117 Å². The Hall–Kier alpha value is -1.38. The van der Waals surface area contributed by atoms with E-state index < -0.39 is 33.2 Å². The van der Waals surface area contributed by atoms with E-state index in [2.05, 4.69) is 4.18 Å². The van der Waals surface area contributed by atoms with Gasteiger partial charge >= 0.3 is 15.6 Å². The molecule has 9 heteroatoms. The molecule has 1 aromatic carbocycles. The molecule has 0 radical (unpaired) electrons. The van der Waals surface area contributed by atoms with Gasteiger partial charge in [0.25, 0.3) is 0 Å². The summed E-state index contributed by atoms with van der Waals surface area (Å²) in [5, 5.41) is 0. The predicted molar refractivity (Wildman–Crippen MR) is 63.6 cm³/mol. The summed E-state index contributed by atoms with van der Waals surface area (Å²) in [4.78, 5) is 0. The molecular formula is C12H11F5O3S. The molecule has 0 saturated heterocycles. The second-order valence-electron chi connectivity index (χ2n) is 4.85. The van der Waals surface area contributed by atoms with Gasteiger partial charge in [-0.2, -0.15) is 21.6 Å². The van der Waals surface area contributed by atoms with Crippen LogP contribution >= 0.6 is 0 Å². The number of hydrogen-bond acceptors (Lipinski definition) is 3. The highest BCUT2D eigenvalue weighted by Crippen LogP contribution is 2.44. The van der Waals surface area contributed by atoms with Gasteiger partial charge in [0, 0.05) is 12.8 Å². The first-order chi connectivity index (χ1) is 9.50. The zero-order chi connectivity index (χ0) is 15.9. The van der Waals surface area contributed by atoms with E-state index in [1.165, 1.54) is 12.1 Å². The first-order valence-corrected chi connectivity index (χ1v) is 7.40. The van der Waals surface area contributed by atoms with E-state index in [1.54, 1.807) is 0 Å². The van der Waals surface area contributed by atoms with E-state index in [0.29, 0.717) is 5.56 Å². The maximum atomic E-state index is 13.1. The van der Waals surface area contributed by atoms with E-state index in [0.717, 1.165) is 12.1 Å². The van der Waals surface area contributed by atoms with Crippen molar-refractivity contribution in [2.45, 2.75) is 36.6 Å². The van der Waals surface area contributed by atoms with Gasteiger partial charge in [-0.1, -0.05) is 12.1 Å². The molecule has 0 bridgehead atoms. The van der Waals surface area contributed by atoms with Crippen molar-refractivity contribution >= 4 is 10.1 Å². The Kier molecular flexibility index (Phi) is 3.90. The highest BCUT2D eigenvalue weighted by Gasteiger charge is 2.48. The fourth-order valence-electron chi connectivity index (χ4n) is 2.20. The molecule has 1 fully saturated rings. The Morgan fingerprint density at radius 2 is 1.71 bits per heavy atom. The van der Waals surface area contributed by atoms with Crippen molar-refractivity contribution in [1.29, 1.82) is 0 Å². The normalized spacial score (nSPS) is 22.2. The molecule has 1 aliphatic carbocycles. The molecule has 0 aromatic heterocycles.